The van der Waals surface area contributed by atoms with Crippen molar-refractivity contribution in [2.75, 3.05) is 18.0 Å². The van der Waals surface area contributed by atoms with Crippen LogP contribution in [0.1, 0.15) is 12.0 Å². The number of primary amides is 1. The van der Waals surface area contributed by atoms with E-state index in [1.54, 1.807) is 4.90 Å². The normalized spacial score (nSPS) is 13.3. The number of rotatable bonds is 3. The Kier molecular flexibility index (Phi) is 3.86. The minimum Gasteiger partial charge on any atom is -0.352 e. The van der Waals surface area contributed by atoms with Gasteiger partial charge in [-0.1, -0.05) is 15.9 Å². The summed E-state index contributed by atoms with van der Waals surface area (Å²) in [6, 6.07) is 5.29. The molecule has 2 rings (SSSR count). The van der Waals surface area contributed by atoms with Gasteiger partial charge in [-0.15, -0.1) is 0 Å². The van der Waals surface area contributed by atoms with Crippen LogP contribution < -0.4 is 16.0 Å². The fourth-order valence-electron chi connectivity index (χ4n) is 2.06. The fraction of sp³-hybridized carbons (Fsp3) is 0.333. The zero-order valence-electron chi connectivity index (χ0n) is 9.78. The van der Waals surface area contributed by atoms with Crippen LogP contribution in [0.5, 0.6) is 0 Å². The SMILES string of the molecule is NC(=O)NCCC(=O)N1CCc2cc(Br)ccc21. The third-order valence-electron chi connectivity index (χ3n) is 2.88. The largest absolute Gasteiger partial charge is 0.352 e. The van der Waals surface area contributed by atoms with Gasteiger partial charge in [0, 0.05) is 29.7 Å². The zero-order valence-corrected chi connectivity index (χ0v) is 11.4. The molecule has 0 radical (unpaired) electrons. The number of hydrogen-bond donors (Lipinski definition) is 2. The summed E-state index contributed by atoms with van der Waals surface area (Å²) < 4.78 is 1.02. The molecule has 0 unspecified atom stereocenters. The minimum absolute atomic E-state index is 0.00447. The second kappa shape index (κ2) is 5.39. The highest BCUT2D eigenvalue weighted by atomic mass is 79.9. The summed E-state index contributed by atoms with van der Waals surface area (Å²) in [5.74, 6) is 0.00447. The molecule has 0 fully saturated rings. The van der Waals surface area contributed by atoms with Crippen molar-refractivity contribution in [2.24, 2.45) is 5.73 Å². The van der Waals surface area contributed by atoms with Gasteiger partial charge in [-0.3, -0.25) is 4.79 Å². The average Bonchev–Trinajstić information content (AvgIpc) is 2.71. The van der Waals surface area contributed by atoms with E-state index >= 15 is 0 Å². The number of urea groups is 1. The second-order valence-corrected chi connectivity index (χ2v) is 5.03. The van der Waals surface area contributed by atoms with Crippen LogP contribution in [-0.2, 0) is 11.2 Å². The molecule has 5 nitrogen and oxygen atoms in total. The molecule has 1 aliphatic heterocycles. The number of fused-ring (bicyclic) bond motifs is 1. The van der Waals surface area contributed by atoms with E-state index in [4.69, 9.17) is 5.73 Å². The van der Waals surface area contributed by atoms with E-state index in [1.807, 2.05) is 18.2 Å². The summed E-state index contributed by atoms with van der Waals surface area (Å²) in [5.41, 5.74) is 7.07. The second-order valence-electron chi connectivity index (χ2n) is 4.11. The Morgan fingerprint density at radius 2 is 2.22 bits per heavy atom. The van der Waals surface area contributed by atoms with Gasteiger partial charge in [0.25, 0.3) is 0 Å². The van der Waals surface area contributed by atoms with Crippen LogP contribution in [-0.4, -0.2) is 25.0 Å². The molecule has 0 bridgehead atoms. The van der Waals surface area contributed by atoms with Gasteiger partial charge in [0.2, 0.25) is 5.91 Å². The maximum Gasteiger partial charge on any atom is 0.312 e. The Hall–Kier alpha value is -1.56. The van der Waals surface area contributed by atoms with E-state index in [0.29, 0.717) is 6.54 Å². The lowest BCUT2D eigenvalue weighted by molar-refractivity contribution is -0.118. The topological polar surface area (TPSA) is 75.4 Å². The number of amides is 3. The predicted molar refractivity (Wildman–Crippen MR) is 72.4 cm³/mol. The van der Waals surface area contributed by atoms with Crippen LogP contribution in [0.2, 0.25) is 0 Å². The van der Waals surface area contributed by atoms with Gasteiger partial charge >= 0.3 is 6.03 Å². The number of halogens is 1. The van der Waals surface area contributed by atoms with Crippen molar-refractivity contribution < 1.29 is 9.59 Å². The molecule has 1 aromatic carbocycles. The van der Waals surface area contributed by atoms with Crippen LogP contribution >= 0.6 is 15.9 Å². The fourth-order valence-corrected chi connectivity index (χ4v) is 2.47. The van der Waals surface area contributed by atoms with Gasteiger partial charge in [-0.25, -0.2) is 4.79 Å². The van der Waals surface area contributed by atoms with Crippen LogP contribution in [0.4, 0.5) is 10.5 Å². The van der Waals surface area contributed by atoms with Crippen LogP contribution in [0, 0.1) is 0 Å². The van der Waals surface area contributed by atoms with Crippen molar-refractivity contribution in [3.8, 4) is 0 Å². The van der Waals surface area contributed by atoms with Crippen LogP contribution in [0.3, 0.4) is 0 Å². The highest BCUT2D eigenvalue weighted by Gasteiger charge is 2.24. The average molecular weight is 312 g/mol. The van der Waals surface area contributed by atoms with Gasteiger partial charge in [0.05, 0.1) is 0 Å². The Morgan fingerprint density at radius 1 is 1.44 bits per heavy atom. The number of anilines is 1. The van der Waals surface area contributed by atoms with E-state index in [-0.39, 0.29) is 18.9 Å². The van der Waals surface area contributed by atoms with E-state index in [2.05, 4.69) is 21.2 Å². The van der Waals surface area contributed by atoms with Crippen molar-refractivity contribution in [2.45, 2.75) is 12.8 Å². The van der Waals surface area contributed by atoms with Crippen molar-refractivity contribution in [3.05, 3.63) is 28.2 Å². The summed E-state index contributed by atoms with van der Waals surface area (Å²) in [6.45, 7) is 0.970. The summed E-state index contributed by atoms with van der Waals surface area (Å²) >= 11 is 3.41. The van der Waals surface area contributed by atoms with Crippen molar-refractivity contribution in [3.63, 3.8) is 0 Å². The lowest BCUT2D eigenvalue weighted by Gasteiger charge is -2.17. The van der Waals surface area contributed by atoms with Gasteiger partial charge < -0.3 is 16.0 Å². The molecule has 0 spiro atoms. The number of nitrogens with one attached hydrogen (secondary N) is 1. The first-order valence-corrected chi connectivity index (χ1v) is 6.49. The van der Waals surface area contributed by atoms with Crippen LogP contribution in [0.25, 0.3) is 0 Å². The summed E-state index contributed by atoms with van der Waals surface area (Å²) in [4.78, 5) is 24.3. The smallest absolute Gasteiger partial charge is 0.312 e. The first-order chi connectivity index (χ1) is 8.58. The lowest BCUT2D eigenvalue weighted by atomic mass is 10.2. The standard InChI is InChI=1S/C12H14BrN3O2/c13-9-1-2-10-8(7-9)4-6-16(10)11(17)3-5-15-12(14)18/h1-2,7H,3-6H2,(H3,14,15,18). The molecule has 96 valence electrons. The molecule has 0 aliphatic carbocycles. The van der Waals surface area contributed by atoms with Crippen molar-refractivity contribution >= 4 is 33.6 Å². The molecule has 3 amide bonds. The molecule has 1 heterocycles. The molecule has 3 N–H and O–H groups in total. The number of benzene rings is 1. The van der Waals surface area contributed by atoms with E-state index in [1.165, 1.54) is 5.56 Å². The zero-order chi connectivity index (χ0) is 13.1. The lowest BCUT2D eigenvalue weighted by Crippen LogP contribution is -2.35. The molecule has 6 heteroatoms. The van der Waals surface area contributed by atoms with E-state index < -0.39 is 6.03 Å². The summed E-state index contributed by atoms with van der Waals surface area (Å²) in [7, 11) is 0. The van der Waals surface area contributed by atoms with Gasteiger partial charge in [-0.05, 0) is 30.2 Å². The number of carbonyl (C=O) groups is 2. The number of hydrogen-bond acceptors (Lipinski definition) is 2. The Labute approximate surface area is 113 Å². The molecule has 0 saturated heterocycles. The summed E-state index contributed by atoms with van der Waals surface area (Å²) in [5, 5.41) is 2.42. The van der Waals surface area contributed by atoms with Gasteiger partial charge in [-0.2, -0.15) is 0 Å². The Morgan fingerprint density at radius 3 is 2.94 bits per heavy atom. The molecule has 0 aromatic heterocycles. The quantitative estimate of drug-likeness (QED) is 0.885. The highest BCUT2D eigenvalue weighted by Crippen LogP contribution is 2.30. The Bertz CT molecular complexity index is 490. The molecule has 1 aliphatic rings. The molecule has 1 aromatic rings. The van der Waals surface area contributed by atoms with Gasteiger partial charge in [0.1, 0.15) is 0 Å². The molecular formula is C12H14BrN3O2. The van der Waals surface area contributed by atoms with Crippen LogP contribution in [0.15, 0.2) is 22.7 Å². The molecule has 0 saturated carbocycles. The van der Waals surface area contributed by atoms with Gasteiger partial charge in [0.15, 0.2) is 0 Å². The maximum absolute atomic E-state index is 12.0. The number of carbonyl (C=O) groups excluding carboxylic acids is 2. The Balaban J connectivity index is 2.00. The maximum atomic E-state index is 12.0. The number of nitrogens with two attached hydrogens (primary N) is 1. The first kappa shape index (κ1) is 12.9. The number of nitrogens with zero attached hydrogens (tertiary/aromatic N) is 1. The molecule has 18 heavy (non-hydrogen) atoms. The van der Waals surface area contributed by atoms with E-state index in [0.717, 1.165) is 16.6 Å². The first-order valence-electron chi connectivity index (χ1n) is 5.70. The summed E-state index contributed by atoms with van der Waals surface area (Å²) in [6.07, 6.45) is 1.13. The third-order valence-corrected chi connectivity index (χ3v) is 3.37. The molecule has 0 atom stereocenters. The van der Waals surface area contributed by atoms with Crippen molar-refractivity contribution in [1.82, 2.24) is 5.32 Å². The predicted octanol–water partition coefficient (Wildman–Crippen LogP) is 1.40. The third kappa shape index (κ3) is 2.81. The monoisotopic (exact) mass is 311 g/mol. The highest BCUT2D eigenvalue weighted by molar-refractivity contribution is 9.10. The molecular weight excluding hydrogens is 298 g/mol. The van der Waals surface area contributed by atoms with E-state index in [9.17, 15) is 9.59 Å². The minimum atomic E-state index is -0.603. The van der Waals surface area contributed by atoms with Crippen molar-refractivity contribution in [1.29, 1.82) is 0 Å².